The van der Waals surface area contributed by atoms with Crippen molar-refractivity contribution in [1.29, 1.82) is 0 Å². The maximum atomic E-state index is 12.6. The van der Waals surface area contributed by atoms with Crippen LogP contribution in [-0.2, 0) is 27.7 Å². The second-order valence-electron chi connectivity index (χ2n) is 6.49. The molecule has 136 valence electrons. The van der Waals surface area contributed by atoms with Crippen molar-refractivity contribution >= 4 is 26.8 Å². The number of hydrogen-bond donors (Lipinski definition) is 1. The van der Waals surface area contributed by atoms with E-state index in [0.29, 0.717) is 13.0 Å². The first-order valence-corrected chi connectivity index (χ1v) is 10.4. The lowest BCUT2D eigenvalue weighted by Crippen LogP contribution is -2.36. The number of benzene rings is 1. The van der Waals surface area contributed by atoms with Crippen LogP contribution in [0.25, 0.3) is 11.0 Å². The van der Waals surface area contributed by atoms with Crippen LogP contribution in [0.15, 0.2) is 29.1 Å². The molecular formula is C17H23N3O4S. The molecule has 1 saturated heterocycles. The van der Waals surface area contributed by atoms with Gasteiger partial charge in [-0.05, 0) is 25.0 Å². The van der Waals surface area contributed by atoms with E-state index in [9.17, 15) is 18.0 Å². The molecule has 1 aliphatic heterocycles. The molecule has 1 unspecified atom stereocenters. The van der Waals surface area contributed by atoms with E-state index < -0.39 is 9.84 Å². The zero-order valence-electron chi connectivity index (χ0n) is 14.3. The third kappa shape index (κ3) is 3.78. The van der Waals surface area contributed by atoms with Gasteiger partial charge in [0.2, 0.25) is 5.91 Å². The van der Waals surface area contributed by atoms with Gasteiger partial charge in [0.15, 0.2) is 9.84 Å². The lowest BCUT2D eigenvalue weighted by atomic mass is 10.2. The molecule has 2 heterocycles. The van der Waals surface area contributed by atoms with Crippen molar-refractivity contribution in [2.45, 2.75) is 45.3 Å². The lowest BCUT2D eigenvalue weighted by Gasteiger charge is -2.11. The summed E-state index contributed by atoms with van der Waals surface area (Å²) in [6, 6.07) is 7.25. The van der Waals surface area contributed by atoms with Gasteiger partial charge < -0.3 is 5.32 Å². The molecule has 0 saturated carbocycles. The number of carbonyl (C=O) groups is 1. The maximum absolute atomic E-state index is 12.6. The SMILES string of the molecule is CCCn1c(=O)n(CCC(=O)NC2CCS(=O)(=O)C2)c2ccccc21. The first-order chi connectivity index (χ1) is 11.9. The van der Waals surface area contributed by atoms with Crippen LogP contribution in [0.1, 0.15) is 26.2 Å². The summed E-state index contributed by atoms with van der Waals surface area (Å²) in [5.41, 5.74) is 1.58. The van der Waals surface area contributed by atoms with Gasteiger partial charge in [-0.15, -0.1) is 0 Å². The molecule has 1 fully saturated rings. The standard InChI is InChI=1S/C17H23N3O4S/c1-2-9-19-14-5-3-4-6-15(14)20(17(19)22)10-7-16(21)18-13-8-11-25(23,24)12-13/h3-6,13H,2,7-12H2,1H3,(H,18,21). The third-order valence-corrected chi connectivity index (χ3v) is 6.30. The minimum absolute atomic E-state index is 0.00843. The Balaban J connectivity index is 1.72. The summed E-state index contributed by atoms with van der Waals surface area (Å²) in [4.78, 5) is 24.8. The minimum atomic E-state index is -3.02. The van der Waals surface area contributed by atoms with Crippen molar-refractivity contribution < 1.29 is 13.2 Å². The molecule has 1 amide bonds. The normalized spacial score (nSPS) is 19.3. The van der Waals surface area contributed by atoms with Gasteiger partial charge in [-0.2, -0.15) is 0 Å². The van der Waals surface area contributed by atoms with E-state index in [1.54, 1.807) is 9.13 Å². The van der Waals surface area contributed by atoms with Crippen LogP contribution in [0.2, 0.25) is 0 Å². The van der Waals surface area contributed by atoms with Crippen molar-refractivity contribution in [3.05, 3.63) is 34.7 Å². The van der Waals surface area contributed by atoms with Crippen LogP contribution in [0.4, 0.5) is 0 Å². The van der Waals surface area contributed by atoms with Gasteiger partial charge in [-0.3, -0.25) is 13.9 Å². The number of hydrogen-bond acceptors (Lipinski definition) is 4. The highest BCUT2D eigenvalue weighted by atomic mass is 32.2. The molecule has 7 nitrogen and oxygen atoms in total. The fourth-order valence-corrected chi connectivity index (χ4v) is 5.02. The molecule has 1 atom stereocenters. The van der Waals surface area contributed by atoms with E-state index in [1.165, 1.54) is 0 Å². The van der Waals surface area contributed by atoms with Crippen LogP contribution < -0.4 is 11.0 Å². The molecule has 1 aromatic carbocycles. The summed E-state index contributed by atoms with van der Waals surface area (Å²) in [6.45, 7) is 2.93. The Labute approximate surface area is 146 Å². The van der Waals surface area contributed by atoms with Crippen LogP contribution in [0.3, 0.4) is 0 Å². The smallest absolute Gasteiger partial charge is 0.329 e. The molecule has 0 radical (unpaired) electrons. The quantitative estimate of drug-likeness (QED) is 0.824. The summed E-state index contributed by atoms with van der Waals surface area (Å²) in [6.07, 6.45) is 1.46. The van der Waals surface area contributed by atoms with Crippen LogP contribution in [-0.4, -0.2) is 41.0 Å². The number of fused-ring (bicyclic) bond motifs is 1. The Bertz CT molecular complexity index is 942. The third-order valence-electron chi connectivity index (χ3n) is 4.53. The number of carbonyl (C=O) groups excluding carboxylic acids is 1. The number of nitrogens with one attached hydrogen (secondary N) is 1. The Hall–Kier alpha value is -2.09. The van der Waals surface area contributed by atoms with Crippen LogP contribution >= 0.6 is 0 Å². The topological polar surface area (TPSA) is 90.2 Å². The number of aryl methyl sites for hydroxylation is 2. The number of aromatic nitrogens is 2. The first kappa shape index (κ1) is 17.7. The average Bonchev–Trinajstić information content (AvgIpc) is 3.04. The summed E-state index contributed by atoms with van der Waals surface area (Å²) in [7, 11) is -3.02. The first-order valence-electron chi connectivity index (χ1n) is 8.59. The van der Waals surface area contributed by atoms with Crippen LogP contribution in [0, 0.1) is 0 Å². The Kier molecular flexibility index (Phi) is 4.99. The predicted octanol–water partition coefficient (Wildman–Crippen LogP) is 0.906. The maximum Gasteiger partial charge on any atom is 0.329 e. The van der Waals surface area contributed by atoms with Crippen molar-refractivity contribution in [3.8, 4) is 0 Å². The van der Waals surface area contributed by atoms with E-state index >= 15 is 0 Å². The fraction of sp³-hybridized carbons (Fsp3) is 0.529. The molecule has 25 heavy (non-hydrogen) atoms. The van der Waals surface area contributed by atoms with E-state index in [0.717, 1.165) is 17.5 Å². The zero-order chi connectivity index (χ0) is 18.0. The average molecular weight is 365 g/mol. The van der Waals surface area contributed by atoms with Gasteiger partial charge in [0.1, 0.15) is 0 Å². The van der Waals surface area contributed by atoms with E-state index in [4.69, 9.17) is 0 Å². The van der Waals surface area contributed by atoms with Gasteiger partial charge >= 0.3 is 5.69 Å². The Morgan fingerprint density at radius 3 is 2.40 bits per heavy atom. The molecule has 0 spiro atoms. The monoisotopic (exact) mass is 365 g/mol. The predicted molar refractivity (Wildman–Crippen MR) is 96.3 cm³/mol. The van der Waals surface area contributed by atoms with Gasteiger partial charge in [0, 0.05) is 25.6 Å². The Morgan fingerprint density at radius 1 is 1.20 bits per heavy atom. The number of imidazole rings is 1. The molecule has 1 aromatic heterocycles. The molecule has 8 heteroatoms. The number of para-hydroxylation sites is 2. The van der Waals surface area contributed by atoms with E-state index in [2.05, 4.69) is 5.32 Å². The van der Waals surface area contributed by atoms with Crippen molar-refractivity contribution in [2.24, 2.45) is 0 Å². The van der Waals surface area contributed by atoms with Crippen molar-refractivity contribution in [2.75, 3.05) is 11.5 Å². The molecular weight excluding hydrogens is 342 g/mol. The van der Waals surface area contributed by atoms with E-state index in [1.807, 2.05) is 31.2 Å². The Morgan fingerprint density at radius 2 is 1.84 bits per heavy atom. The highest BCUT2D eigenvalue weighted by Crippen LogP contribution is 2.14. The number of sulfone groups is 1. The molecule has 0 aliphatic carbocycles. The second-order valence-corrected chi connectivity index (χ2v) is 8.72. The molecule has 1 N–H and O–H groups in total. The lowest BCUT2D eigenvalue weighted by molar-refractivity contribution is -0.121. The number of nitrogens with zero attached hydrogens (tertiary/aromatic N) is 2. The molecule has 3 rings (SSSR count). The van der Waals surface area contributed by atoms with Crippen LogP contribution in [0.5, 0.6) is 0 Å². The zero-order valence-corrected chi connectivity index (χ0v) is 15.1. The largest absolute Gasteiger partial charge is 0.352 e. The summed E-state index contributed by atoms with van der Waals surface area (Å²) < 4.78 is 26.3. The van der Waals surface area contributed by atoms with Gasteiger partial charge in [0.25, 0.3) is 0 Å². The van der Waals surface area contributed by atoms with Crippen molar-refractivity contribution in [1.82, 2.24) is 14.5 Å². The van der Waals surface area contributed by atoms with Gasteiger partial charge in [-0.25, -0.2) is 13.2 Å². The fourth-order valence-electron chi connectivity index (χ4n) is 3.35. The number of amides is 1. The minimum Gasteiger partial charge on any atom is -0.352 e. The summed E-state index contributed by atoms with van der Waals surface area (Å²) >= 11 is 0. The summed E-state index contributed by atoms with van der Waals surface area (Å²) in [5.74, 6) is -0.0857. The number of rotatable bonds is 6. The highest BCUT2D eigenvalue weighted by Gasteiger charge is 2.28. The van der Waals surface area contributed by atoms with E-state index in [-0.39, 0.29) is 42.1 Å². The second kappa shape index (κ2) is 7.03. The molecule has 0 bridgehead atoms. The van der Waals surface area contributed by atoms with Crippen molar-refractivity contribution in [3.63, 3.8) is 0 Å². The molecule has 1 aliphatic rings. The van der Waals surface area contributed by atoms with Gasteiger partial charge in [0.05, 0.1) is 22.5 Å². The van der Waals surface area contributed by atoms with Gasteiger partial charge in [-0.1, -0.05) is 19.1 Å². The summed E-state index contributed by atoms with van der Waals surface area (Å²) in [5, 5.41) is 2.76. The highest BCUT2D eigenvalue weighted by molar-refractivity contribution is 7.91. The molecule has 2 aromatic rings.